The predicted octanol–water partition coefficient (Wildman–Crippen LogP) is 0.680. The fourth-order valence-corrected chi connectivity index (χ4v) is 1.76. The van der Waals surface area contributed by atoms with Crippen molar-refractivity contribution >= 4 is 5.91 Å². The highest BCUT2D eigenvalue weighted by Gasteiger charge is 2.05. The number of primary amides is 1. The lowest BCUT2D eigenvalue weighted by Crippen LogP contribution is -2.32. The molecule has 1 aromatic carbocycles. The van der Waals surface area contributed by atoms with Gasteiger partial charge in [-0.1, -0.05) is 6.07 Å². The minimum absolute atomic E-state index is 0.210. The summed E-state index contributed by atoms with van der Waals surface area (Å²) in [6.07, 6.45) is 1.43. The molecule has 0 saturated carbocycles. The first-order chi connectivity index (χ1) is 10.1. The third-order valence-electron chi connectivity index (χ3n) is 2.89. The first kappa shape index (κ1) is 17.3. The second-order valence-electron chi connectivity index (χ2n) is 4.77. The van der Waals surface area contributed by atoms with Gasteiger partial charge in [0, 0.05) is 19.0 Å². The van der Waals surface area contributed by atoms with Gasteiger partial charge in [-0.15, -0.1) is 0 Å². The third-order valence-corrected chi connectivity index (χ3v) is 2.89. The van der Waals surface area contributed by atoms with Crippen LogP contribution in [0.15, 0.2) is 24.3 Å². The zero-order valence-electron chi connectivity index (χ0n) is 12.4. The smallest absolute Gasteiger partial charge is 0.217 e. The molecule has 6 heteroatoms. The number of nitrogens with one attached hydrogen (secondary N) is 1. The van der Waals surface area contributed by atoms with Crippen molar-refractivity contribution in [1.82, 2.24) is 5.32 Å². The van der Waals surface area contributed by atoms with Crippen LogP contribution in [0, 0.1) is 0 Å². The number of carbonyl (C=O) groups excluding carboxylic acids is 1. The van der Waals surface area contributed by atoms with Gasteiger partial charge in [0.15, 0.2) is 0 Å². The van der Waals surface area contributed by atoms with E-state index in [1.165, 1.54) is 0 Å². The maximum absolute atomic E-state index is 10.5. The topological polar surface area (TPSA) is 93.8 Å². The molecule has 6 nitrogen and oxygen atoms in total. The van der Waals surface area contributed by atoms with Crippen molar-refractivity contribution in [3.63, 3.8) is 0 Å². The SMILES string of the molecule is COc1cccc(OCC(O)CNCCCCC(N)=O)c1. The minimum atomic E-state index is -0.590. The van der Waals surface area contributed by atoms with Gasteiger partial charge in [0.05, 0.1) is 7.11 Å². The van der Waals surface area contributed by atoms with Crippen LogP contribution < -0.4 is 20.5 Å². The Morgan fingerprint density at radius 2 is 2.14 bits per heavy atom. The number of carbonyl (C=O) groups is 1. The monoisotopic (exact) mass is 296 g/mol. The standard InChI is InChI=1S/C15H24N2O4/c1-20-13-5-4-6-14(9-13)21-11-12(18)10-17-8-3-2-7-15(16)19/h4-6,9,12,17-18H,2-3,7-8,10-11H2,1H3,(H2,16,19). The number of benzene rings is 1. The maximum Gasteiger partial charge on any atom is 0.217 e. The molecule has 1 amide bonds. The summed E-state index contributed by atoms with van der Waals surface area (Å²) in [5.74, 6) is 1.10. The summed E-state index contributed by atoms with van der Waals surface area (Å²) in [7, 11) is 1.59. The van der Waals surface area contributed by atoms with Gasteiger partial charge in [-0.25, -0.2) is 0 Å². The third kappa shape index (κ3) is 8.16. The Hall–Kier alpha value is -1.79. The highest BCUT2D eigenvalue weighted by Crippen LogP contribution is 2.18. The lowest BCUT2D eigenvalue weighted by molar-refractivity contribution is -0.118. The number of hydrogen-bond acceptors (Lipinski definition) is 5. The lowest BCUT2D eigenvalue weighted by atomic mass is 10.2. The molecule has 1 atom stereocenters. The van der Waals surface area contributed by atoms with Gasteiger partial charge in [-0.05, 0) is 31.5 Å². The van der Waals surface area contributed by atoms with E-state index in [2.05, 4.69) is 5.32 Å². The zero-order chi connectivity index (χ0) is 15.5. The molecule has 0 aliphatic rings. The van der Waals surface area contributed by atoms with Crippen molar-refractivity contribution in [1.29, 1.82) is 0 Å². The van der Waals surface area contributed by atoms with Gasteiger partial charge < -0.3 is 25.6 Å². The molecule has 1 unspecified atom stereocenters. The van der Waals surface area contributed by atoms with E-state index in [0.29, 0.717) is 18.7 Å². The fourth-order valence-electron chi connectivity index (χ4n) is 1.76. The number of nitrogens with two attached hydrogens (primary N) is 1. The van der Waals surface area contributed by atoms with E-state index in [-0.39, 0.29) is 12.5 Å². The van der Waals surface area contributed by atoms with E-state index in [9.17, 15) is 9.90 Å². The van der Waals surface area contributed by atoms with Crippen LogP contribution in [0.4, 0.5) is 0 Å². The van der Waals surface area contributed by atoms with Gasteiger partial charge in [0.1, 0.15) is 24.2 Å². The van der Waals surface area contributed by atoms with Crippen molar-refractivity contribution < 1.29 is 19.4 Å². The number of amides is 1. The highest BCUT2D eigenvalue weighted by molar-refractivity contribution is 5.73. The molecular weight excluding hydrogens is 272 g/mol. The first-order valence-electron chi connectivity index (χ1n) is 7.05. The van der Waals surface area contributed by atoms with Crippen molar-refractivity contribution in [3.8, 4) is 11.5 Å². The Balaban J connectivity index is 2.10. The molecule has 0 bridgehead atoms. The lowest BCUT2D eigenvalue weighted by Gasteiger charge is -2.13. The molecule has 4 N–H and O–H groups in total. The summed E-state index contributed by atoms with van der Waals surface area (Å²) in [5.41, 5.74) is 5.05. The highest BCUT2D eigenvalue weighted by atomic mass is 16.5. The van der Waals surface area contributed by atoms with Crippen LogP contribution in [-0.2, 0) is 4.79 Å². The summed E-state index contributed by atoms with van der Waals surface area (Å²) < 4.78 is 10.6. The van der Waals surface area contributed by atoms with Crippen LogP contribution in [0.2, 0.25) is 0 Å². The number of unbranched alkanes of at least 4 members (excludes halogenated alkanes) is 1. The first-order valence-corrected chi connectivity index (χ1v) is 7.05. The van der Waals surface area contributed by atoms with Gasteiger partial charge in [0.2, 0.25) is 5.91 Å². The molecular formula is C15H24N2O4. The van der Waals surface area contributed by atoms with Gasteiger partial charge in [-0.3, -0.25) is 4.79 Å². The molecule has 0 radical (unpaired) electrons. The van der Waals surface area contributed by atoms with E-state index in [1.807, 2.05) is 18.2 Å². The van der Waals surface area contributed by atoms with E-state index in [0.717, 1.165) is 25.1 Å². The Morgan fingerprint density at radius 1 is 1.38 bits per heavy atom. The average Bonchev–Trinajstić information content (AvgIpc) is 2.48. The van der Waals surface area contributed by atoms with Crippen molar-refractivity contribution in [3.05, 3.63) is 24.3 Å². The summed E-state index contributed by atoms with van der Waals surface area (Å²) in [5, 5.41) is 12.9. The molecule has 21 heavy (non-hydrogen) atoms. The molecule has 1 aromatic rings. The normalized spacial score (nSPS) is 11.9. The molecule has 0 heterocycles. The van der Waals surface area contributed by atoms with Gasteiger partial charge >= 0.3 is 0 Å². The van der Waals surface area contributed by atoms with Crippen LogP contribution in [0.1, 0.15) is 19.3 Å². The minimum Gasteiger partial charge on any atom is -0.497 e. The van der Waals surface area contributed by atoms with Gasteiger partial charge in [0.25, 0.3) is 0 Å². The van der Waals surface area contributed by atoms with E-state index in [4.69, 9.17) is 15.2 Å². The Kier molecular flexibility index (Phi) is 8.23. The molecule has 0 spiro atoms. The fraction of sp³-hybridized carbons (Fsp3) is 0.533. The number of aliphatic hydroxyl groups excluding tert-OH is 1. The van der Waals surface area contributed by atoms with Crippen LogP contribution in [0.25, 0.3) is 0 Å². The number of rotatable bonds is 11. The Labute approximate surface area is 125 Å². The Morgan fingerprint density at radius 3 is 2.86 bits per heavy atom. The maximum atomic E-state index is 10.5. The second-order valence-corrected chi connectivity index (χ2v) is 4.77. The largest absolute Gasteiger partial charge is 0.497 e. The predicted molar refractivity (Wildman–Crippen MR) is 80.4 cm³/mol. The Bertz CT molecular complexity index is 426. The van der Waals surface area contributed by atoms with Gasteiger partial charge in [-0.2, -0.15) is 0 Å². The van der Waals surface area contributed by atoms with E-state index in [1.54, 1.807) is 13.2 Å². The number of methoxy groups -OCH3 is 1. The quantitative estimate of drug-likeness (QED) is 0.522. The zero-order valence-corrected chi connectivity index (χ0v) is 12.4. The van der Waals surface area contributed by atoms with Crippen molar-refractivity contribution in [2.75, 3.05) is 26.8 Å². The van der Waals surface area contributed by atoms with E-state index >= 15 is 0 Å². The molecule has 0 aliphatic carbocycles. The summed E-state index contributed by atoms with van der Waals surface area (Å²) >= 11 is 0. The number of hydrogen-bond donors (Lipinski definition) is 3. The van der Waals surface area contributed by atoms with Crippen LogP contribution in [0.5, 0.6) is 11.5 Å². The summed E-state index contributed by atoms with van der Waals surface area (Å²) in [4.78, 5) is 10.5. The van der Waals surface area contributed by atoms with E-state index < -0.39 is 6.10 Å². The molecule has 0 aromatic heterocycles. The molecule has 0 aliphatic heterocycles. The number of aliphatic hydroxyl groups is 1. The summed E-state index contributed by atoms with van der Waals surface area (Å²) in [6.45, 7) is 1.39. The van der Waals surface area contributed by atoms with Crippen LogP contribution >= 0.6 is 0 Å². The summed E-state index contributed by atoms with van der Waals surface area (Å²) in [6, 6.07) is 7.24. The van der Waals surface area contributed by atoms with Crippen LogP contribution in [-0.4, -0.2) is 43.9 Å². The number of ether oxygens (including phenoxy) is 2. The van der Waals surface area contributed by atoms with Crippen LogP contribution in [0.3, 0.4) is 0 Å². The molecule has 0 saturated heterocycles. The average molecular weight is 296 g/mol. The molecule has 1 rings (SSSR count). The van der Waals surface area contributed by atoms with Crippen molar-refractivity contribution in [2.45, 2.75) is 25.4 Å². The van der Waals surface area contributed by atoms with Crippen molar-refractivity contribution in [2.24, 2.45) is 5.73 Å². The molecule has 0 fully saturated rings. The molecule has 118 valence electrons. The second kappa shape index (κ2) is 10.0.